The Bertz CT molecular complexity index is 526. The number of hydrogen-bond donors (Lipinski definition) is 1. The molecule has 1 aliphatic heterocycles. The molecule has 2 heterocycles. The van der Waals surface area contributed by atoms with Gasteiger partial charge in [-0.05, 0) is 37.8 Å². The molecule has 1 aromatic heterocycles. The average Bonchev–Trinajstić information content (AvgIpc) is 2.63. The largest absolute Gasteiger partial charge is 0.357 e. The van der Waals surface area contributed by atoms with E-state index in [9.17, 15) is 0 Å². The summed E-state index contributed by atoms with van der Waals surface area (Å²) in [4.78, 5) is 11.6. The monoisotopic (exact) mass is 474 g/mol. The van der Waals surface area contributed by atoms with Gasteiger partial charge in [0.2, 0.25) is 0 Å². The number of nitrogens with zero attached hydrogens (tertiary/aromatic N) is 3. The molecule has 0 unspecified atom stereocenters. The Morgan fingerprint density at radius 2 is 2.20 bits per heavy atom. The molecule has 0 atom stereocenters. The van der Waals surface area contributed by atoms with E-state index in [1.54, 1.807) is 0 Å². The topological polar surface area (TPSA) is 40.5 Å². The third kappa shape index (κ3) is 6.01. The van der Waals surface area contributed by atoms with Crippen LogP contribution < -0.4 is 5.32 Å². The van der Waals surface area contributed by atoms with Crippen molar-refractivity contribution in [3.8, 4) is 0 Å². The van der Waals surface area contributed by atoms with Crippen molar-refractivity contribution >= 4 is 41.7 Å². The summed E-state index contributed by atoms with van der Waals surface area (Å²) in [6.07, 6.45) is 11.7. The first kappa shape index (κ1) is 20.8. The van der Waals surface area contributed by atoms with E-state index >= 15 is 0 Å². The van der Waals surface area contributed by atoms with Crippen molar-refractivity contribution in [1.29, 1.82) is 0 Å². The van der Waals surface area contributed by atoms with Crippen molar-refractivity contribution in [3.05, 3.63) is 30.1 Å². The molecular formula is C19H31IN4S. The molecule has 1 saturated carbocycles. The van der Waals surface area contributed by atoms with E-state index < -0.39 is 0 Å². The van der Waals surface area contributed by atoms with Crippen LogP contribution in [0.5, 0.6) is 0 Å². The first-order valence-electron chi connectivity index (χ1n) is 9.37. The Labute approximate surface area is 173 Å². The number of rotatable bonds is 4. The fourth-order valence-corrected chi connectivity index (χ4v) is 5.36. The van der Waals surface area contributed by atoms with Gasteiger partial charge in [0.25, 0.3) is 0 Å². The molecule has 2 aliphatic rings. The summed E-state index contributed by atoms with van der Waals surface area (Å²) in [6.45, 7) is 6.19. The van der Waals surface area contributed by atoms with Crippen molar-refractivity contribution in [2.45, 2.75) is 50.2 Å². The second-order valence-corrected chi connectivity index (χ2v) is 8.42. The zero-order valence-electron chi connectivity index (χ0n) is 15.2. The Balaban J connectivity index is 0.00000225. The molecule has 1 aromatic rings. The quantitative estimate of drug-likeness (QED) is 0.408. The molecule has 140 valence electrons. The van der Waals surface area contributed by atoms with Crippen molar-refractivity contribution < 1.29 is 0 Å². The Morgan fingerprint density at radius 1 is 1.36 bits per heavy atom. The summed E-state index contributed by atoms with van der Waals surface area (Å²) in [5, 5.41) is 3.51. The number of thioether (sulfide) groups is 1. The third-order valence-corrected chi connectivity index (χ3v) is 6.57. The first-order valence-corrected chi connectivity index (χ1v) is 10.4. The Morgan fingerprint density at radius 3 is 2.92 bits per heavy atom. The zero-order valence-corrected chi connectivity index (χ0v) is 18.4. The molecule has 2 fully saturated rings. The predicted octanol–water partition coefficient (Wildman–Crippen LogP) is 3.96. The molecule has 0 aromatic carbocycles. The lowest BCUT2D eigenvalue weighted by Gasteiger charge is -2.45. The minimum Gasteiger partial charge on any atom is -0.357 e. The van der Waals surface area contributed by atoms with E-state index in [0.717, 1.165) is 38.6 Å². The standard InChI is InChI=1S/C19H30N4S.HI/c1-2-21-18(22-12-8-17-7-6-11-20-15-17)23-13-14-24-19(16-23)9-4-3-5-10-19;/h6-7,11,15H,2-5,8-10,12-14,16H2,1H3,(H,21,22);1H. The normalized spacial score (nSPS) is 20.2. The second-order valence-electron chi connectivity index (χ2n) is 6.86. The minimum absolute atomic E-state index is 0. The lowest BCUT2D eigenvalue weighted by Crippen LogP contribution is -2.53. The van der Waals surface area contributed by atoms with E-state index in [0.29, 0.717) is 4.75 Å². The molecule has 1 spiro atoms. The number of nitrogens with one attached hydrogen (secondary N) is 1. The first-order chi connectivity index (χ1) is 11.8. The van der Waals surface area contributed by atoms with Crippen molar-refractivity contribution in [1.82, 2.24) is 15.2 Å². The number of aliphatic imine (C=N–C) groups is 1. The van der Waals surface area contributed by atoms with Crippen LogP contribution in [0.2, 0.25) is 0 Å². The van der Waals surface area contributed by atoms with Crippen LogP contribution in [0.3, 0.4) is 0 Å². The Kier molecular flexibility index (Phi) is 8.82. The molecule has 25 heavy (non-hydrogen) atoms. The van der Waals surface area contributed by atoms with Crippen molar-refractivity contribution in [3.63, 3.8) is 0 Å². The van der Waals surface area contributed by atoms with Crippen LogP contribution in [0.1, 0.15) is 44.6 Å². The zero-order chi connectivity index (χ0) is 16.7. The summed E-state index contributed by atoms with van der Waals surface area (Å²) in [5.41, 5.74) is 1.26. The third-order valence-electron chi connectivity index (χ3n) is 5.03. The maximum absolute atomic E-state index is 4.90. The Hall–Kier alpha value is -0.500. The fourth-order valence-electron chi connectivity index (χ4n) is 3.79. The molecule has 4 nitrogen and oxygen atoms in total. The maximum atomic E-state index is 4.90. The number of hydrogen-bond acceptors (Lipinski definition) is 3. The van der Waals surface area contributed by atoms with Gasteiger partial charge < -0.3 is 10.2 Å². The molecule has 1 aliphatic carbocycles. The molecule has 0 radical (unpaired) electrons. The number of aromatic nitrogens is 1. The molecule has 3 rings (SSSR count). The lowest BCUT2D eigenvalue weighted by atomic mass is 9.87. The van der Waals surface area contributed by atoms with Gasteiger partial charge >= 0.3 is 0 Å². The van der Waals surface area contributed by atoms with Gasteiger partial charge in [0.05, 0.1) is 0 Å². The van der Waals surface area contributed by atoms with E-state index in [-0.39, 0.29) is 24.0 Å². The summed E-state index contributed by atoms with van der Waals surface area (Å²) in [6, 6.07) is 4.13. The molecular weight excluding hydrogens is 443 g/mol. The molecule has 1 saturated heterocycles. The smallest absolute Gasteiger partial charge is 0.193 e. The van der Waals surface area contributed by atoms with Crippen LogP contribution >= 0.6 is 35.7 Å². The highest BCUT2D eigenvalue weighted by molar-refractivity contribution is 14.0. The van der Waals surface area contributed by atoms with Gasteiger partial charge in [-0.2, -0.15) is 11.8 Å². The van der Waals surface area contributed by atoms with E-state index in [4.69, 9.17) is 4.99 Å². The van der Waals surface area contributed by atoms with E-state index in [1.165, 1.54) is 43.4 Å². The summed E-state index contributed by atoms with van der Waals surface area (Å²) in [7, 11) is 0. The van der Waals surface area contributed by atoms with Crippen LogP contribution in [0.15, 0.2) is 29.5 Å². The highest BCUT2D eigenvalue weighted by atomic mass is 127. The molecule has 0 amide bonds. The van der Waals surface area contributed by atoms with Crippen LogP contribution in [0, 0.1) is 0 Å². The molecule has 0 bridgehead atoms. The van der Waals surface area contributed by atoms with Gasteiger partial charge in [-0.15, -0.1) is 24.0 Å². The van der Waals surface area contributed by atoms with E-state index in [1.807, 2.05) is 18.5 Å². The highest BCUT2D eigenvalue weighted by Crippen LogP contribution is 2.42. The van der Waals surface area contributed by atoms with Crippen molar-refractivity contribution in [2.24, 2.45) is 4.99 Å². The van der Waals surface area contributed by atoms with E-state index in [2.05, 4.69) is 40.0 Å². The maximum Gasteiger partial charge on any atom is 0.193 e. The lowest BCUT2D eigenvalue weighted by molar-refractivity contribution is 0.293. The minimum atomic E-state index is 0. The van der Waals surface area contributed by atoms with Gasteiger partial charge in [-0.3, -0.25) is 9.98 Å². The van der Waals surface area contributed by atoms with Gasteiger partial charge in [0.15, 0.2) is 5.96 Å². The summed E-state index contributed by atoms with van der Waals surface area (Å²) < 4.78 is 0.482. The SMILES string of the molecule is CCNC(=NCCc1cccnc1)N1CCSC2(CCCCC2)C1.I. The summed E-state index contributed by atoms with van der Waals surface area (Å²) in [5.74, 6) is 2.33. The van der Waals surface area contributed by atoms with Crippen LogP contribution in [0.25, 0.3) is 0 Å². The average molecular weight is 474 g/mol. The number of guanidine groups is 1. The van der Waals surface area contributed by atoms with Gasteiger partial charge in [0.1, 0.15) is 0 Å². The van der Waals surface area contributed by atoms with Gasteiger partial charge in [0, 0.05) is 49.1 Å². The molecule has 6 heteroatoms. The highest BCUT2D eigenvalue weighted by Gasteiger charge is 2.38. The second kappa shape index (κ2) is 10.6. The number of pyridine rings is 1. The van der Waals surface area contributed by atoms with Gasteiger partial charge in [-0.1, -0.05) is 25.3 Å². The molecule has 1 N–H and O–H groups in total. The fraction of sp³-hybridized carbons (Fsp3) is 0.684. The van der Waals surface area contributed by atoms with Gasteiger partial charge in [-0.25, -0.2) is 0 Å². The van der Waals surface area contributed by atoms with Crippen molar-refractivity contribution in [2.75, 3.05) is 31.9 Å². The summed E-state index contributed by atoms with van der Waals surface area (Å²) >= 11 is 2.21. The van der Waals surface area contributed by atoms with Crippen LogP contribution in [-0.2, 0) is 6.42 Å². The number of halogens is 1. The van der Waals surface area contributed by atoms with Crippen LogP contribution in [0.4, 0.5) is 0 Å². The predicted molar refractivity (Wildman–Crippen MR) is 119 cm³/mol. The van der Waals surface area contributed by atoms with Crippen LogP contribution in [-0.4, -0.2) is 52.5 Å².